The number of likely N-dealkylation sites (N-methyl/N-ethyl adjacent to an activating group) is 1. The van der Waals surface area contributed by atoms with Gasteiger partial charge in [0.2, 0.25) is 5.91 Å². The molecule has 168 valence electrons. The van der Waals surface area contributed by atoms with E-state index in [0.29, 0.717) is 27.8 Å². The van der Waals surface area contributed by atoms with Crippen molar-refractivity contribution in [2.24, 2.45) is 0 Å². The number of nitrogens with one attached hydrogen (secondary N) is 1. The number of ether oxygens (including phenoxy) is 1. The molecule has 1 N–H and O–H groups in total. The Morgan fingerprint density at radius 2 is 1.65 bits per heavy atom. The smallest absolute Gasteiger partial charge is 0.261 e. The normalized spacial score (nSPS) is 12.2. The molecule has 7 heteroatoms. The quantitative estimate of drug-likeness (QED) is 0.582. The second kappa shape index (κ2) is 10.9. The summed E-state index contributed by atoms with van der Waals surface area (Å²) in [7, 11) is 1.55. The van der Waals surface area contributed by atoms with Gasteiger partial charge in [0, 0.05) is 29.2 Å². The van der Waals surface area contributed by atoms with Gasteiger partial charge in [-0.25, -0.2) is 0 Å². The molecule has 1 atom stereocenters. The molecular formula is C24H30Cl2N2O3. The molecule has 0 unspecified atom stereocenters. The van der Waals surface area contributed by atoms with Crippen molar-refractivity contribution >= 4 is 35.0 Å². The summed E-state index contributed by atoms with van der Waals surface area (Å²) in [5.41, 5.74) is 1.80. The molecule has 0 saturated heterocycles. The number of hydrogen-bond donors (Lipinski definition) is 1. The van der Waals surface area contributed by atoms with E-state index in [1.165, 1.54) is 10.5 Å². The van der Waals surface area contributed by atoms with Gasteiger partial charge in [-0.2, -0.15) is 0 Å². The Morgan fingerprint density at radius 3 is 2.13 bits per heavy atom. The van der Waals surface area contributed by atoms with E-state index >= 15 is 0 Å². The zero-order valence-corrected chi connectivity index (χ0v) is 20.2. The Labute approximate surface area is 194 Å². The molecule has 2 aromatic carbocycles. The Hall–Kier alpha value is -2.24. The molecule has 0 aliphatic heterocycles. The van der Waals surface area contributed by atoms with Crippen LogP contribution in [0.25, 0.3) is 0 Å². The van der Waals surface area contributed by atoms with E-state index in [1.54, 1.807) is 25.2 Å². The van der Waals surface area contributed by atoms with E-state index < -0.39 is 6.04 Å². The first-order valence-electron chi connectivity index (χ1n) is 10.3. The first-order valence-corrected chi connectivity index (χ1v) is 11.0. The summed E-state index contributed by atoms with van der Waals surface area (Å²) in [6.07, 6.45) is 0.438. The van der Waals surface area contributed by atoms with Crippen LogP contribution in [0, 0.1) is 0 Å². The van der Waals surface area contributed by atoms with E-state index in [9.17, 15) is 9.59 Å². The molecule has 0 fully saturated rings. The van der Waals surface area contributed by atoms with E-state index in [1.807, 2.05) is 31.2 Å². The highest BCUT2D eigenvalue weighted by molar-refractivity contribution is 6.36. The van der Waals surface area contributed by atoms with Crippen molar-refractivity contribution in [3.63, 3.8) is 0 Å². The van der Waals surface area contributed by atoms with Gasteiger partial charge in [-0.3, -0.25) is 9.59 Å². The van der Waals surface area contributed by atoms with Crippen LogP contribution in [0.3, 0.4) is 0 Å². The van der Waals surface area contributed by atoms with Gasteiger partial charge in [0.15, 0.2) is 6.61 Å². The minimum absolute atomic E-state index is 0.0290. The first kappa shape index (κ1) is 25.0. The third-order valence-electron chi connectivity index (χ3n) is 5.11. The van der Waals surface area contributed by atoms with Crippen molar-refractivity contribution in [3.8, 4) is 5.75 Å². The van der Waals surface area contributed by atoms with Crippen molar-refractivity contribution in [2.45, 2.75) is 52.1 Å². The van der Waals surface area contributed by atoms with E-state index in [0.717, 1.165) is 0 Å². The van der Waals surface area contributed by atoms with Crippen LogP contribution in [-0.4, -0.2) is 36.4 Å². The van der Waals surface area contributed by atoms with E-state index in [-0.39, 0.29) is 30.4 Å². The fourth-order valence-corrected chi connectivity index (χ4v) is 3.74. The average molecular weight is 465 g/mol. The summed E-state index contributed by atoms with van der Waals surface area (Å²) in [5, 5.41) is 3.50. The van der Waals surface area contributed by atoms with Gasteiger partial charge < -0.3 is 15.0 Å². The van der Waals surface area contributed by atoms with Gasteiger partial charge in [0.05, 0.1) is 0 Å². The summed E-state index contributed by atoms with van der Waals surface area (Å²) in [6.45, 7) is 8.15. The predicted molar refractivity (Wildman–Crippen MR) is 126 cm³/mol. The first-order chi connectivity index (χ1) is 14.6. The maximum Gasteiger partial charge on any atom is 0.261 e. The van der Waals surface area contributed by atoms with Gasteiger partial charge in [-0.1, -0.05) is 69.1 Å². The van der Waals surface area contributed by atoms with Gasteiger partial charge in [0.25, 0.3) is 5.91 Å². The van der Waals surface area contributed by atoms with Crippen molar-refractivity contribution in [1.29, 1.82) is 0 Å². The molecule has 0 aliphatic carbocycles. The zero-order chi connectivity index (χ0) is 23.2. The lowest BCUT2D eigenvalue weighted by molar-refractivity contribution is -0.142. The molecule has 0 aromatic heterocycles. The van der Waals surface area contributed by atoms with Crippen LogP contribution in [0.15, 0.2) is 42.5 Å². The Morgan fingerprint density at radius 1 is 1.06 bits per heavy atom. The van der Waals surface area contributed by atoms with Crippen LogP contribution >= 0.6 is 23.2 Å². The number of hydrogen-bond acceptors (Lipinski definition) is 3. The van der Waals surface area contributed by atoms with Crippen LogP contribution in [0.5, 0.6) is 5.75 Å². The largest absolute Gasteiger partial charge is 0.484 e. The monoisotopic (exact) mass is 464 g/mol. The predicted octanol–water partition coefficient (Wildman–Crippen LogP) is 5.22. The highest BCUT2D eigenvalue weighted by Crippen LogP contribution is 2.27. The van der Waals surface area contributed by atoms with Crippen molar-refractivity contribution in [3.05, 3.63) is 63.6 Å². The Kier molecular flexibility index (Phi) is 8.78. The summed E-state index contributed by atoms with van der Waals surface area (Å²) in [5.74, 6) is 0.00459. The Balaban J connectivity index is 2.22. The summed E-state index contributed by atoms with van der Waals surface area (Å²) in [6, 6.07) is 12.1. The van der Waals surface area contributed by atoms with Crippen LogP contribution in [0.2, 0.25) is 10.0 Å². The number of amides is 2. The number of benzene rings is 2. The SMILES string of the molecule is CC[C@H](C(=O)NC)N(Cc1c(Cl)cccc1Cl)C(=O)COc1ccc(C(C)(C)C)cc1. The lowest BCUT2D eigenvalue weighted by Gasteiger charge is -2.30. The third-order valence-corrected chi connectivity index (χ3v) is 5.81. The lowest BCUT2D eigenvalue weighted by Crippen LogP contribution is -2.49. The molecule has 0 saturated carbocycles. The average Bonchev–Trinajstić information content (AvgIpc) is 2.73. The minimum atomic E-state index is -0.670. The molecule has 2 amide bonds. The van der Waals surface area contributed by atoms with Crippen molar-refractivity contribution in [1.82, 2.24) is 10.2 Å². The topological polar surface area (TPSA) is 58.6 Å². The summed E-state index contributed by atoms with van der Waals surface area (Å²) < 4.78 is 5.73. The van der Waals surface area contributed by atoms with Gasteiger partial charge >= 0.3 is 0 Å². The molecule has 0 heterocycles. The molecule has 0 spiro atoms. The molecule has 0 aliphatic rings. The van der Waals surface area contributed by atoms with Crippen LogP contribution < -0.4 is 10.1 Å². The van der Waals surface area contributed by atoms with Crippen molar-refractivity contribution < 1.29 is 14.3 Å². The maximum atomic E-state index is 13.1. The van der Waals surface area contributed by atoms with Gasteiger partial charge in [-0.05, 0) is 41.7 Å². The molecule has 5 nitrogen and oxygen atoms in total. The molecule has 0 bridgehead atoms. The fraction of sp³-hybridized carbons (Fsp3) is 0.417. The molecule has 0 radical (unpaired) electrons. The highest BCUT2D eigenvalue weighted by atomic mass is 35.5. The number of rotatable bonds is 8. The minimum Gasteiger partial charge on any atom is -0.484 e. The third kappa shape index (κ3) is 6.62. The second-order valence-electron chi connectivity index (χ2n) is 8.32. The number of nitrogens with zero attached hydrogens (tertiary/aromatic N) is 1. The van der Waals surface area contributed by atoms with Crippen LogP contribution in [0.1, 0.15) is 45.2 Å². The maximum absolute atomic E-state index is 13.1. The lowest BCUT2D eigenvalue weighted by atomic mass is 9.87. The fourth-order valence-electron chi connectivity index (χ4n) is 3.22. The van der Waals surface area contributed by atoms with E-state index in [2.05, 4.69) is 26.1 Å². The van der Waals surface area contributed by atoms with Gasteiger partial charge in [-0.15, -0.1) is 0 Å². The number of carbonyl (C=O) groups is 2. The van der Waals surface area contributed by atoms with E-state index in [4.69, 9.17) is 27.9 Å². The Bertz CT molecular complexity index is 888. The molecule has 2 rings (SSSR count). The molecular weight excluding hydrogens is 435 g/mol. The zero-order valence-electron chi connectivity index (χ0n) is 18.7. The second-order valence-corrected chi connectivity index (χ2v) is 9.14. The van der Waals surface area contributed by atoms with Gasteiger partial charge in [0.1, 0.15) is 11.8 Å². The van der Waals surface area contributed by atoms with Crippen LogP contribution in [-0.2, 0) is 21.5 Å². The number of carbonyl (C=O) groups excluding carboxylic acids is 2. The molecule has 31 heavy (non-hydrogen) atoms. The standard InChI is InChI=1S/C24H30Cl2N2O3/c1-6-21(23(30)27-5)28(14-18-19(25)8-7-9-20(18)26)22(29)15-31-17-12-10-16(11-13-17)24(2,3)4/h7-13,21H,6,14-15H2,1-5H3,(H,27,30)/t21-/m1/s1. The summed E-state index contributed by atoms with van der Waals surface area (Å²) in [4.78, 5) is 27.0. The summed E-state index contributed by atoms with van der Waals surface area (Å²) >= 11 is 12.6. The number of halogens is 2. The van der Waals surface area contributed by atoms with Crippen molar-refractivity contribution in [2.75, 3.05) is 13.7 Å². The van der Waals surface area contributed by atoms with Crippen LogP contribution in [0.4, 0.5) is 0 Å². The highest BCUT2D eigenvalue weighted by Gasteiger charge is 2.29. The molecule has 2 aromatic rings.